The van der Waals surface area contributed by atoms with Gasteiger partial charge in [0.1, 0.15) is 36.0 Å². The number of phenols is 1. The molecule has 0 aromatic heterocycles. The van der Waals surface area contributed by atoms with Crippen molar-refractivity contribution < 1.29 is 72.0 Å². The number of aliphatic carboxylic acids is 2. The fourth-order valence-corrected chi connectivity index (χ4v) is 5.01. The third kappa shape index (κ3) is 17.5. The second-order valence-corrected chi connectivity index (χ2v) is 12.7. The van der Waals surface area contributed by atoms with E-state index >= 15 is 0 Å². The average molecular weight is 828 g/mol. The molecule has 1 fully saturated rings. The standard InChI is InChI=1S/C29H43N7O10S2.C2HF3O2/c1-14(32-25(41)18-4-3-9-30-18)24(40)35-21(13-48)27(43)36-23(15(2)37)28(44)31-11-22(39)33-20(12-47)26(42)34-19(29(45)46)10-16-5-7-17(38)8-6-16;3-2(4,5)1(6)7/h5-8,14-15,18-21,23,30,37-38,47-48H,3-4,9-13H2,1-2H3,(H,31,44)(H,32,41)(H,33,39)(H,34,42)(H,35,40)(H,36,43)(H,45,46);(H,6,7)/t14-,15+,18-,19-,20-,21-,23-;/m0./s1. The van der Waals surface area contributed by atoms with Crippen LogP contribution in [0.5, 0.6) is 5.75 Å². The smallest absolute Gasteiger partial charge is 0.490 e. The number of benzene rings is 1. The highest BCUT2D eigenvalue weighted by molar-refractivity contribution is 7.80. The number of hydrogen-bond donors (Lipinski definition) is 13. The summed E-state index contributed by atoms with van der Waals surface area (Å²) in [5.41, 5.74) is 0.521. The summed E-state index contributed by atoms with van der Waals surface area (Å²) in [5, 5.41) is 53.5. The summed E-state index contributed by atoms with van der Waals surface area (Å²) in [7, 11) is 0. The number of halogens is 3. The number of thiol groups is 2. The van der Waals surface area contributed by atoms with Crippen LogP contribution in [0.15, 0.2) is 24.3 Å². The fourth-order valence-electron chi connectivity index (χ4n) is 4.49. The first-order valence-electron chi connectivity index (χ1n) is 16.3. The normalized spacial score (nSPS) is 16.9. The third-order valence-electron chi connectivity index (χ3n) is 7.50. The number of hydrogen-bond acceptors (Lipinski definition) is 13. The first-order valence-corrected chi connectivity index (χ1v) is 17.6. The van der Waals surface area contributed by atoms with Crippen LogP contribution in [0, 0.1) is 0 Å². The number of nitrogens with one attached hydrogen (secondary N) is 7. The van der Waals surface area contributed by atoms with E-state index in [1.54, 1.807) is 0 Å². The molecule has 1 aromatic rings. The first kappa shape index (κ1) is 48.2. The molecule has 1 aromatic carbocycles. The summed E-state index contributed by atoms with van der Waals surface area (Å²) in [6.07, 6.45) is -5.17. The number of carbonyl (C=O) groups is 8. The van der Waals surface area contributed by atoms with Crippen LogP contribution in [0.3, 0.4) is 0 Å². The number of carboxylic acid groups (broad SMARTS) is 2. The number of aliphatic hydroxyl groups excluding tert-OH is 1. The van der Waals surface area contributed by atoms with Crippen LogP contribution in [-0.4, -0.2) is 141 Å². The van der Waals surface area contributed by atoms with Crippen molar-refractivity contribution in [3.05, 3.63) is 29.8 Å². The largest absolute Gasteiger partial charge is 0.508 e. The van der Waals surface area contributed by atoms with Crippen molar-refractivity contribution >= 4 is 72.6 Å². The van der Waals surface area contributed by atoms with Crippen LogP contribution < -0.4 is 37.2 Å². The minimum Gasteiger partial charge on any atom is -0.508 e. The molecule has 24 heteroatoms. The Balaban J connectivity index is 0.00000196. The summed E-state index contributed by atoms with van der Waals surface area (Å²) >= 11 is 8.12. The van der Waals surface area contributed by atoms with Gasteiger partial charge in [0.15, 0.2) is 0 Å². The molecule has 55 heavy (non-hydrogen) atoms. The molecule has 1 saturated heterocycles. The number of rotatable bonds is 18. The Kier molecular flexibility index (Phi) is 20.3. The summed E-state index contributed by atoms with van der Waals surface area (Å²) in [6, 6.07) is -1.13. The predicted octanol–water partition coefficient (Wildman–Crippen LogP) is -2.79. The topological polar surface area (TPSA) is 302 Å². The van der Waals surface area contributed by atoms with E-state index in [4.69, 9.17) is 9.90 Å². The highest BCUT2D eigenvalue weighted by Gasteiger charge is 2.38. The van der Waals surface area contributed by atoms with Crippen LogP contribution in [0.4, 0.5) is 13.2 Å². The SMILES string of the molecule is C[C@H](NC(=O)[C@@H]1CCCN1)C(=O)N[C@@H](CS)C(=O)N[C@H](C(=O)NCC(=O)N[C@@H](CS)C(=O)N[C@@H](Cc1ccc(O)cc1)C(=O)O)[C@@H](C)O.O=C(O)C(F)(F)F. The Labute approximate surface area is 323 Å². The molecule has 7 atom stereocenters. The summed E-state index contributed by atoms with van der Waals surface area (Å²) in [4.78, 5) is 96.6. The van der Waals surface area contributed by atoms with Gasteiger partial charge >= 0.3 is 18.1 Å². The Morgan fingerprint density at radius 2 is 1.35 bits per heavy atom. The Morgan fingerprint density at radius 1 is 0.818 bits per heavy atom. The van der Waals surface area contributed by atoms with Crippen LogP contribution in [0.25, 0.3) is 0 Å². The zero-order valence-corrected chi connectivity index (χ0v) is 31.2. The second kappa shape index (κ2) is 23.2. The molecular formula is C31H44F3N7O12S2. The summed E-state index contributed by atoms with van der Waals surface area (Å²) < 4.78 is 31.7. The molecule has 1 heterocycles. The van der Waals surface area contributed by atoms with E-state index in [1.807, 2.05) is 0 Å². The van der Waals surface area contributed by atoms with E-state index in [0.717, 1.165) is 6.42 Å². The van der Waals surface area contributed by atoms with Crippen molar-refractivity contribution in [2.24, 2.45) is 0 Å². The van der Waals surface area contributed by atoms with Gasteiger partial charge < -0.3 is 57.6 Å². The quantitative estimate of drug-likeness (QED) is 0.0667. The molecule has 6 amide bonds. The van der Waals surface area contributed by atoms with Gasteiger partial charge in [0.2, 0.25) is 35.4 Å². The molecular weight excluding hydrogens is 784 g/mol. The minimum atomic E-state index is -5.08. The first-order chi connectivity index (χ1) is 25.6. The van der Waals surface area contributed by atoms with E-state index in [2.05, 4.69) is 62.5 Å². The highest BCUT2D eigenvalue weighted by atomic mass is 32.1. The molecule has 19 nitrogen and oxygen atoms in total. The number of carbonyl (C=O) groups excluding carboxylic acids is 6. The van der Waals surface area contributed by atoms with Crippen molar-refractivity contribution in [2.45, 2.75) is 81.6 Å². The lowest BCUT2D eigenvalue weighted by Crippen LogP contribution is -2.60. The average Bonchev–Trinajstić information content (AvgIpc) is 3.66. The number of aromatic hydroxyl groups is 1. The van der Waals surface area contributed by atoms with E-state index < -0.39 is 96.6 Å². The fraction of sp³-hybridized carbons (Fsp3) is 0.548. The molecule has 0 unspecified atom stereocenters. The van der Waals surface area contributed by atoms with Crippen molar-refractivity contribution in [1.29, 1.82) is 0 Å². The Hall–Kier alpha value is -4.81. The molecule has 0 bridgehead atoms. The lowest BCUT2D eigenvalue weighted by Gasteiger charge is -2.25. The van der Waals surface area contributed by atoms with E-state index in [9.17, 15) is 62.1 Å². The molecule has 1 aliphatic rings. The molecule has 0 radical (unpaired) electrons. The number of carboxylic acids is 2. The molecule has 2 rings (SSSR count). The van der Waals surface area contributed by atoms with Gasteiger partial charge in [0.25, 0.3) is 0 Å². The molecule has 0 aliphatic carbocycles. The van der Waals surface area contributed by atoms with Gasteiger partial charge in [0.05, 0.1) is 18.7 Å². The maximum Gasteiger partial charge on any atom is 0.490 e. The van der Waals surface area contributed by atoms with Crippen LogP contribution in [-0.2, 0) is 44.8 Å². The summed E-state index contributed by atoms with van der Waals surface area (Å²) in [5.74, 6) is -9.10. The molecule has 11 N–H and O–H groups in total. The summed E-state index contributed by atoms with van der Waals surface area (Å²) in [6.45, 7) is 2.66. The van der Waals surface area contributed by atoms with Gasteiger partial charge in [-0.05, 0) is 50.9 Å². The molecule has 308 valence electrons. The maximum absolute atomic E-state index is 12.9. The van der Waals surface area contributed by atoms with E-state index in [1.165, 1.54) is 38.1 Å². The highest BCUT2D eigenvalue weighted by Crippen LogP contribution is 2.13. The van der Waals surface area contributed by atoms with Crippen LogP contribution in [0.2, 0.25) is 0 Å². The number of aliphatic hydroxyl groups is 1. The van der Waals surface area contributed by atoms with E-state index in [0.29, 0.717) is 18.5 Å². The Bertz CT molecular complexity index is 1520. The van der Waals surface area contributed by atoms with Gasteiger partial charge in [-0.2, -0.15) is 38.4 Å². The van der Waals surface area contributed by atoms with Gasteiger partial charge in [-0.3, -0.25) is 28.8 Å². The monoisotopic (exact) mass is 827 g/mol. The van der Waals surface area contributed by atoms with Gasteiger partial charge in [-0.1, -0.05) is 12.1 Å². The number of amides is 6. The van der Waals surface area contributed by atoms with Gasteiger partial charge in [-0.15, -0.1) is 0 Å². The molecule has 1 aliphatic heterocycles. The molecule has 0 saturated carbocycles. The number of alkyl halides is 3. The third-order valence-corrected chi connectivity index (χ3v) is 8.23. The van der Waals surface area contributed by atoms with Crippen molar-refractivity contribution in [2.75, 3.05) is 24.6 Å². The lowest BCUT2D eigenvalue weighted by atomic mass is 10.1. The number of phenolic OH excluding ortho intramolecular Hbond substituents is 1. The predicted molar refractivity (Wildman–Crippen MR) is 192 cm³/mol. The second-order valence-electron chi connectivity index (χ2n) is 11.9. The zero-order chi connectivity index (χ0) is 42.0. The van der Waals surface area contributed by atoms with Crippen molar-refractivity contribution in [3.63, 3.8) is 0 Å². The zero-order valence-electron chi connectivity index (χ0n) is 29.4. The van der Waals surface area contributed by atoms with Crippen LogP contribution in [0.1, 0.15) is 32.3 Å². The van der Waals surface area contributed by atoms with Crippen molar-refractivity contribution in [3.8, 4) is 5.75 Å². The molecule has 0 spiro atoms. The van der Waals surface area contributed by atoms with Gasteiger partial charge in [-0.25, -0.2) is 9.59 Å². The van der Waals surface area contributed by atoms with Crippen molar-refractivity contribution in [1.82, 2.24) is 37.2 Å². The Morgan fingerprint density at radius 3 is 1.82 bits per heavy atom. The van der Waals surface area contributed by atoms with E-state index in [-0.39, 0.29) is 29.6 Å². The lowest BCUT2D eigenvalue weighted by molar-refractivity contribution is -0.192. The van der Waals surface area contributed by atoms with Gasteiger partial charge in [0, 0.05) is 17.9 Å². The van der Waals surface area contributed by atoms with Crippen LogP contribution >= 0.6 is 25.3 Å². The minimum absolute atomic E-state index is 0.0161. The maximum atomic E-state index is 12.9.